The third kappa shape index (κ3) is 9.91. The van der Waals surface area contributed by atoms with Crippen LogP contribution in [0.15, 0.2) is 0 Å². The van der Waals surface area contributed by atoms with Crippen molar-refractivity contribution in [2.24, 2.45) is 11.8 Å². The van der Waals surface area contributed by atoms with Gasteiger partial charge in [-0.25, -0.2) is 0 Å². The van der Waals surface area contributed by atoms with E-state index in [1.807, 2.05) is 13.8 Å². The lowest BCUT2D eigenvalue weighted by molar-refractivity contribution is -0.236. The first-order valence-electron chi connectivity index (χ1n) is 11.0. The summed E-state index contributed by atoms with van der Waals surface area (Å²) in [7, 11) is 0. The Kier molecular flexibility index (Phi) is 13.0. The number of hydrogen-bond donors (Lipinski definition) is 0. The first kappa shape index (κ1) is 23.4. The topological polar surface area (TPSA) is 44.8 Å². The third-order valence-corrected chi connectivity index (χ3v) is 5.43. The maximum Gasteiger partial charge on any atom is 0.306 e. The smallest absolute Gasteiger partial charge is 0.306 e. The Bertz CT molecular complexity index is 350. The summed E-state index contributed by atoms with van der Waals surface area (Å²) in [4.78, 5) is 12.0. The van der Waals surface area contributed by atoms with Gasteiger partial charge in [-0.3, -0.25) is 4.79 Å². The van der Waals surface area contributed by atoms with Gasteiger partial charge in [0.25, 0.3) is 0 Å². The minimum Gasteiger partial charge on any atom is -0.462 e. The van der Waals surface area contributed by atoms with Gasteiger partial charge in [-0.15, -0.1) is 0 Å². The lowest BCUT2D eigenvalue weighted by Gasteiger charge is -2.34. The maximum atomic E-state index is 12.0. The molecule has 0 aliphatic carbocycles. The molecule has 0 radical (unpaired) electrons. The Hall–Kier alpha value is -0.610. The van der Waals surface area contributed by atoms with Gasteiger partial charge in [0, 0.05) is 18.3 Å². The van der Waals surface area contributed by atoms with Gasteiger partial charge >= 0.3 is 5.97 Å². The average molecular weight is 371 g/mol. The molecule has 2 atom stereocenters. The maximum absolute atomic E-state index is 12.0. The van der Waals surface area contributed by atoms with E-state index in [0.717, 1.165) is 26.1 Å². The summed E-state index contributed by atoms with van der Waals surface area (Å²) in [6.07, 6.45) is 12.2. The number of rotatable bonds is 14. The first-order valence-corrected chi connectivity index (χ1v) is 11.0. The number of esters is 1. The molecule has 1 fully saturated rings. The van der Waals surface area contributed by atoms with Gasteiger partial charge in [0.1, 0.15) is 6.10 Å². The van der Waals surface area contributed by atoms with Crippen LogP contribution in [0.3, 0.4) is 0 Å². The molecule has 0 aromatic rings. The van der Waals surface area contributed by atoms with Gasteiger partial charge in [-0.1, -0.05) is 72.1 Å². The molecule has 0 aromatic heterocycles. The zero-order chi connectivity index (χ0) is 19.2. The first-order chi connectivity index (χ1) is 12.6. The predicted molar refractivity (Wildman–Crippen MR) is 106 cm³/mol. The van der Waals surface area contributed by atoms with Gasteiger partial charge in [0.05, 0.1) is 13.2 Å². The number of ether oxygens (including phenoxy) is 3. The van der Waals surface area contributed by atoms with Gasteiger partial charge in [0.15, 0.2) is 6.29 Å². The molecule has 1 heterocycles. The third-order valence-electron chi connectivity index (χ3n) is 5.43. The monoisotopic (exact) mass is 370 g/mol. The van der Waals surface area contributed by atoms with Crippen LogP contribution in [0.25, 0.3) is 0 Å². The molecule has 0 saturated carbocycles. The van der Waals surface area contributed by atoms with Crippen LogP contribution in [0.2, 0.25) is 0 Å². The Morgan fingerprint density at radius 2 is 1.50 bits per heavy atom. The van der Waals surface area contributed by atoms with Crippen molar-refractivity contribution in [1.82, 2.24) is 0 Å². The van der Waals surface area contributed by atoms with E-state index in [-0.39, 0.29) is 24.3 Å². The average Bonchev–Trinajstić information content (AvgIpc) is 2.65. The van der Waals surface area contributed by atoms with E-state index >= 15 is 0 Å². The van der Waals surface area contributed by atoms with Crippen molar-refractivity contribution in [3.05, 3.63) is 0 Å². The molecule has 0 bridgehead atoms. The minimum absolute atomic E-state index is 0.0557. The van der Waals surface area contributed by atoms with Gasteiger partial charge in [0.2, 0.25) is 0 Å². The van der Waals surface area contributed by atoms with Crippen molar-refractivity contribution < 1.29 is 19.0 Å². The number of carbonyl (C=O) groups excluding carboxylic acids is 1. The van der Waals surface area contributed by atoms with Crippen LogP contribution in [0.4, 0.5) is 0 Å². The highest BCUT2D eigenvalue weighted by atomic mass is 16.7. The molecular formula is C22H42O4. The highest BCUT2D eigenvalue weighted by Crippen LogP contribution is 2.24. The summed E-state index contributed by atoms with van der Waals surface area (Å²) in [5.41, 5.74) is 0. The van der Waals surface area contributed by atoms with Crippen molar-refractivity contribution in [3.8, 4) is 0 Å². The summed E-state index contributed by atoms with van der Waals surface area (Å²) >= 11 is 0. The molecule has 2 unspecified atom stereocenters. The zero-order valence-electron chi connectivity index (χ0n) is 17.6. The number of unbranched alkanes of at least 4 members (excludes halogenated alkanes) is 7. The molecule has 1 aliphatic heterocycles. The Labute approximate surface area is 161 Å². The van der Waals surface area contributed by atoms with E-state index in [2.05, 4.69) is 13.8 Å². The van der Waals surface area contributed by atoms with Crippen molar-refractivity contribution in [1.29, 1.82) is 0 Å². The molecule has 1 saturated heterocycles. The van der Waals surface area contributed by atoms with Gasteiger partial charge < -0.3 is 14.2 Å². The molecule has 1 rings (SSSR count). The van der Waals surface area contributed by atoms with Crippen LogP contribution in [-0.4, -0.2) is 31.6 Å². The fourth-order valence-corrected chi connectivity index (χ4v) is 3.34. The molecule has 26 heavy (non-hydrogen) atoms. The standard InChI is InChI=1S/C22H42O4/c1-5-7-9-10-11-12-13-15-21(23)26-19(4)18(3)22-24-16-20(17-25-22)14-8-6-2/h18-20,22H,5-17H2,1-4H3. The minimum atomic E-state index is -0.255. The fourth-order valence-electron chi connectivity index (χ4n) is 3.34. The summed E-state index contributed by atoms with van der Waals surface area (Å²) in [6, 6.07) is 0. The molecule has 1 aliphatic rings. The van der Waals surface area contributed by atoms with Crippen LogP contribution in [0, 0.1) is 11.8 Å². The van der Waals surface area contributed by atoms with E-state index < -0.39 is 0 Å². The largest absolute Gasteiger partial charge is 0.462 e. The highest BCUT2D eigenvalue weighted by molar-refractivity contribution is 5.69. The highest BCUT2D eigenvalue weighted by Gasteiger charge is 2.31. The second kappa shape index (κ2) is 14.4. The van der Waals surface area contributed by atoms with Gasteiger partial charge in [-0.05, 0) is 19.8 Å². The van der Waals surface area contributed by atoms with E-state index in [1.165, 1.54) is 51.4 Å². The predicted octanol–water partition coefficient (Wildman–Crippen LogP) is 5.87. The van der Waals surface area contributed by atoms with Crippen LogP contribution in [0.1, 0.15) is 98.3 Å². The second-order valence-electron chi connectivity index (χ2n) is 7.97. The molecule has 4 nitrogen and oxygen atoms in total. The van der Waals surface area contributed by atoms with Crippen molar-refractivity contribution >= 4 is 5.97 Å². The molecule has 0 aromatic carbocycles. The lowest BCUT2D eigenvalue weighted by Crippen LogP contribution is -2.41. The van der Waals surface area contributed by atoms with Crippen molar-refractivity contribution in [2.45, 2.75) is 111 Å². The second-order valence-corrected chi connectivity index (χ2v) is 7.97. The molecule has 154 valence electrons. The number of hydrogen-bond acceptors (Lipinski definition) is 4. The van der Waals surface area contributed by atoms with E-state index in [9.17, 15) is 4.79 Å². The van der Waals surface area contributed by atoms with Crippen LogP contribution in [-0.2, 0) is 19.0 Å². The van der Waals surface area contributed by atoms with Crippen LogP contribution < -0.4 is 0 Å². The van der Waals surface area contributed by atoms with Crippen LogP contribution in [0.5, 0.6) is 0 Å². The normalized spacial score (nSPS) is 22.8. The SMILES string of the molecule is CCCCCCCCCC(=O)OC(C)C(C)C1OCC(CCCC)CO1. The molecule has 0 spiro atoms. The summed E-state index contributed by atoms with van der Waals surface area (Å²) in [6.45, 7) is 9.94. The quantitative estimate of drug-likeness (QED) is 0.283. The van der Waals surface area contributed by atoms with Crippen LogP contribution >= 0.6 is 0 Å². The fraction of sp³-hybridized carbons (Fsp3) is 0.955. The summed E-state index contributed by atoms with van der Waals surface area (Å²) in [5.74, 6) is 0.475. The number of carbonyl (C=O) groups is 1. The zero-order valence-corrected chi connectivity index (χ0v) is 17.6. The van der Waals surface area contributed by atoms with Gasteiger partial charge in [-0.2, -0.15) is 0 Å². The lowest BCUT2D eigenvalue weighted by atomic mass is 10.0. The Morgan fingerprint density at radius 3 is 2.12 bits per heavy atom. The van der Waals surface area contributed by atoms with Crippen molar-refractivity contribution in [3.63, 3.8) is 0 Å². The summed E-state index contributed by atoms with van der Waals surface area (Å²) < 4.78 is 17.4. The van der Waals surface area contributed by atoms with E-state index in [0.29, 0.717) is 12.3 Å². The molecule has 0 N–H and O–H groups in total. The molecule has 0 amide bonds. The summed E-state index contributed by atoms with van der Waals surface area (Å²) in [5, 5.41) is 0. The Morgan fingerprint density at radius 1 is 0.923 bits per heavy atom. The van der Waals surface area contributed by atoms with Crippen molar-refractivity contribution in [2.75, 3.05) is 13.2 Å². The van der Waals surface area contributed by atoms with E-state index in [1.54, 1.807) is 0 Å². The van der Waals surface area contributed by atoms with E-state index in [4.69, 9.17) is 14.2 Å². The molecule has 4 heteroatoms. The Balaban J connectivity index is 2.13. The molecular weight excluding hydrogens is 328 g/mol.